The van der Waals surface area contributed by atoms with Gasteiger partial charge >= 0.3 is 0 Å². The van der Waals surface area contributed by atoms with Crippen molar-refractivity contribution in [2.24, 2.45) is 0 Å². The van der Waals surface area contributed by atoms with Gasteiger partial charge in [-0.15, -0.1) is 10.2 Å². The molecular formula is C19H26N4OS. The van der Waals surface area contributed by atoms with E-state index >= 15 is 0 Å². The molecule has 0 bridgehead atoms. The molecule has 0 unspecified atom stereocenters. The summed E-state index contributed by atoms with van der Waals surface area (Å²) in [7, 11) is 0. The number of hydrogen-bond acceptors (Lipinski definition) is 5. The maximum Gasteiger partial charge on any atom is 0.282 e. The molecule has 1 fully saturated rings. The van der Waals surface area contributed by atoms with Crippen molar-refractivity contribution in [3.63, 3.8) is 0 Å². The molecular weight excluding hydrogens is 332 g/mol. The van der Waals surface area contributed by atoms with E-state index in [0.717, 1.165) is 17.1 Å². The molecule has 1 amide bonds. The fraction of sp³-hybridized carbons (Fsp3) is 0.526. The molecule has 1 aliphatic carbocycles. The van der Waals surface area contributed by atoms with Crippen molar-refractivity contribution < 1.29 is 4.79 Å². The van der Waals surface area contributed by atoms with Crippen molar-refractivity contribution in [3.05, 3.63) is 45.4 Å². The minimum absolute atomic E-state index is 0.149. The van der Waals surface area contributed by atoms with Gasteiger partial charge in [0.2, 0.25) is 5.01 Å². The number of aromatic nitrogens is 2. The first-order valence-electron chi connectivity index (χ1n) is 8.95. The maximum atomic E-state index is 12.3. The molecule has 0 saturated heterocycles. The number of amides is 1. The largest absolute Gasteiger partial charge is 0.346 e. The average molecular weight is 359 g/mol. The van der Waals surface area contributed by atoms with Crippen molar-refractivity contribution in [3.8, 4) is 0 Å². The van der Waals surface area contributed by atoms with Gasteiger partial charge < -0.3 is 5.32 Å². The molecule has 1 aromatic heterocycles. The van der Waals surface area contributed by atoms with Crippen molar-refractivity contribution in [2.75, 3.05) is 0 Å². The van der Waals surface area contributed by atoms with Gasteiger partial charge in [0.1, 0.15) is 5.01 Å². The van der Waals surface area contributed by atoms with Gasteiger partial charge in [-0.05, 0) is 39.2 Å². The number of nitrogens with zero attached hydrogens (tertiary/aromatic N) is 3. The van der Waals surface area contributed by atoms with Crippen molar-refractivity contribution in [1.82, 2.24) is 20.4 Å². The van der Waals surface area contributed by atoms with Gasteiger partial charge in [0, 0.05) is 18.6 Å². The molecule has 3 rings (SSSR count). The van der Waals surface area contributed by atoms with Crippen LogP contribution in [0.4, 0.5) is 0 Å². The van der Waals surface area contributed by atoms with Gasteiger partial charge in [0.05, 0.1) is 6.54 Å². The summed E-state index contributed by atoms with van der Waals surface area (Å²) in [6.07, 6.45) is 3.85. The summed E-state index contributed by atoms with van der Waals surface area (Å²) in [5.41, 5.74) is 2.30. The van der Waals surface area contributed by atoms with E-state index in [4.69, 9.17) is 0 Å². The Bertz CT molecular complexity index is 706. The highest BCUT2D eigenvalue weighted by atomic mass is 32.1. The molecule has 1 aliphatic rings. The first-order chi connectivity index (χ1) is 12.0. The number of aryl methyl sites for hydroxylation is 1. The van der Waals surface area contributed by atoms with Crippen molar-refractivity contribution >= 4 is 17.2 Å². The van der Waals surface area contributed by atoms with Crippen LogP contribution in [0.25, 0.3) is 0 Å². The number of carbonyl (C=O) groups excluding carboxylic acids is 1. The van der Waals surface area contributed by atoms with E-state index in [9.17, 15) is 4.79 Å². The average Bonchev–Trinajstić information content (AvgIpc) is 3.00. The zero-order valence-corrected chi connectivity index (χ0v) is 16.0. The first kappa shape index (κ1) is 18.0. The minimum Gasteiger partial charge on any atom is -0.346 e. The van der Waals surface area contributed by atoms with Gasteiger partial charge in [-0.2, -0.15) is 0 Å². The second-order valence-corrected chi connectivity index (χ2v) is 8.08. The lowest BCUT2D eigenvalue weighted by Gasteiger charge is -2.39. The third-order valence-corrected chi connectivity index (χ3v) is 5.67. The maximum absolute atomic E-state index is 12.3. The molecule has 1 aromatic carbocycles. The molecule has 1 N–H and O–H groups in total. The third kappa shape index (κ3) is 4.64. The quantitative estimate of drug-likeness (QED) is 0.822. The Balaban J connectivity index is 1.56. The van der Waals surface area contributed by atoms with E-state index in [2.05, 4.69) is 41.2 Å². The topological polar surface area (TPSA) is 58.1 Å². The zero-order chi connectivity index (χ0) is 17.8. The Labute approximate surface area is 153 Å². The Morgan fingerprint density at radius 3 is 2.60 bits per heavy atom. The minimum atomic E-state index is -0.149. The van der Waals surface area contributed by atoms with Crippen LogP contribution in [0.5, 0.6) is 0 Å². The van der Waals surface area contributed by atoms with E-state index in [-0.39, 0.29) is 5.91 Å². The standard InChI is InChI=1S/C19H26N4OS/c1-13(2)23(16-5-4-6-16)12-17-21-22-19(25-17)18(24)20-11-15-9-7-14(3)8-10-15/h7-10,13,16H,4-6,11-12H2,1-3H3,(H,20,24). The lowest BCUT2D eigenvalue weighted by atomic mass is 9.90. The summed E-state index contributed by atoms with van der Waals surface area (Å²) in [6, 6.07) is 9.29. The van der Waals surface area contributed by atoms with Gasteiger partial charge in [-0.1, -0.05) is 47.6 Å². The van der Waals surface area contributed by atoms with Crippen molar-refractivity contribution in [2.45, 2.75) is 65.2 Å². The monoisotopic (exact) mass is 358 g/mol. The molecule has 0 aliphatic heterocycles. The predicted octanol–water partition coefficient (Wildman–Crippen LogP) is 3.54. The van der Waals surface area contributed by atoms with Crippen LogP contribution in [-0.4, -0.2) is 33.1 Å². The van der Waals surface area contributed by atoms with Crippen LogP contribution in [0, 0.1) is 6.92 Å². The van der Waals surface area contributed by atoms with Gasteiger partial charge in [0.25, 0.3) is 5.91 Å². The van der Waals surface area contributed by atoms with E-state index in [1.54, 1.807) is 0 Å². The third-order valence-electron chi connectivity index (χ3n) is 4.76. The number of hydrogen-bond donors (Lipinski definition) is 1. The lowest BCUT2D eigenvalue weighted by molar-refractivity contribution is 0.0862. The van der Waals surface area contributed by atoms with Crippen LogP contribution in [0.3, 0.4) is 0 Å². The molecule has 134 valence electrons. The van der Waals surface area contributed by atoms with Crippen LogP contribution in [0.15, 0.2) is 24.3 Å². The Morgan fingerprint density at radius 2 is 2.00 bits per heavy atom. The summed E-state index contributed by atoms with van der Waals surface area (Å²) in [6.45, 7) is 7.78. The van der Waals surface area contributed by atoms with E-state index in [0.29, 0.717) is 23.6 Å². The molecule has 2 aromatic rings. The lowest BCUT2D eigenvalue weighted by Crippen LogP contribution is -2.43. The Kier molecular flexibility index (Phi) is 5.81. The van der Waals surface area contributed by atoms with Crippen LogP contribution in [0.1, 0.15) is 59.0 Å². The molecule has 0 spiro atoms. The molecule has 5 nitrogen and oxygen atoms in total. The number of rotatable bonds is 7. The molecule has 1 heterocycles. The smallest absolute Gasteiger partial charge is 0.282 e. The Hall–Kier alpha value is -1.79. The van der Waals surface area contributed by atoms with Gasteiger partial charge in [-0.25, -0.2) is 0 Å². The van der Waals surface area contributed by atoms with Crippen molar-refractivity contribution in [1.29, 1.82) is 0 Å². The summed E-state index contributed by atoms with van der Waals surface area (Å²) in [4.78, 5) is 14.8. The highest BCUT2D eigenvalue weighted by Crippen LogP contribution is 2.28. The van der Waals surface area contributed by atoms with E-state index in [1.165, 1.54) is 36.2 Å². The normalized spacial score (nSPS) is 14.8. The predicted molar refractivity (Wildman–Crippen MR) is 101 cm³/mol. The molecule has 0 atom stereocenters. The zero-order valence-electron chi connectivity index (χ0n) is 15.2. The number of nitrogens with one attached hydrogen (secondary N) is 1. The fourth-order valence-corrected chi connectivity index (χ4v) is 3.75. The van der Waals surface area contributed by atoms with Gasteiger partial charge in [-0.3, -0.25) is 9.69 Å². The molecule has 0 radical (unpaired) electrons. The SMILES string of the molecule is Cc1ccc(CNC(=O)c2nnc(CN(C(C)C)C3CCC3)s2)cc1. The second kappa shape index (κ2) is 8.06. The molecule has 1 saturated carbocycles. The summed E-state index contributed by atoms with van der Waals surface area (Å²) in [5, 5.41) is 12.6. The van der Waals surface area contributed by atoms with Crippen LogP contribution < -0.4 is 5.32 Å². The fourth-order valence-electron chi connectivity index (χ4n) is 2.98. The summed E-state index contributed by atoms with van der Waals surface area (Å²) in [5.74, 6) is -0.149. The summed E-state index contributed by atoms with van der Waals surface area (Å²) < 4.78 is 0. The van der Waals surface area contributed by atoms with E-state index in [1.807, 2.05) is 24.3 Å². The number of carbonyl (C=O) groups is 1. The highest BCUT2D eigenvalue weighted by molar-refractivity contribution is 7.13. The second-order valence-electron chi connectivity index (χ2n) is 7.02. The Morgan fingerprint density at radius 1 is 1.28 bits per heavy atom. The van der Waals surface area contributed by atoms with Crippen LogP contribution in [-0.2, 0) is 13.1 Å². The highest BCUT2D eigenvalue weighted by Gasteiger charge is 2.28. The summed E-state index contributed by atoms with van der Waals surface area (Å²) >= 11 is 1.40. The molecule has 25 heavy (non-hydrogen) atoms. The molecule has 6 heteroatoms. The van der Waals surface area contributed by atoms with Crippen LogP contribution >= 0.6 is 11.3 Å². The number of benzene rings is 1. The van der Waals surface area contributed by atoms with E-state index < -0.39 is 0 Å². The van der Waals surface area contributed by atoms with Crippen LogP contribution in [0.2, 0.25) is 0 Å². The van der Waals surface area contributed by atoms with Gasteiger partial charge in [0.15, 0.2) is 0 Å². The first-order valence-corrected chi connectivity index (χ1v) is 9.76.